The summed E-state index contributed by atoms with van der Waals surface area (Å²) in [6.07, 6.45) is 3.39. The molecule has 128 valence electrons. The van der Waals surface area contributed by atoms with Crippen LogP contribution in [0.4, 0.5) is 0 Å². The highest BCUT2D eigenvalue weighted by molar-refractivity contribution is 5.81. The Bertz CT molecular complexity index is 534. The highest BCUT2D eigenvalue weighted by atomic mass is 16.5. The highest BCUT2D eigenvalue weighted by Gasteiger charge is 2.23. The Balaban J connectivity index is 1.94. The minimum absolute atomic E-state index is 0.0418. The quantitative estimate of drug-likeness (QED) is 0.876. The van der Waals surface area contributed by atoms with Crippen LogP contribution < -0.4 is 15.8 Å². The number of amides is 1. The number of nitrogens with one attached hydrogen (secondary N) is 1. The van der Waals surface area contributed by atoms with Crippen molar-refractivity contribution in [1.29, 1.82) is 0 Å². The van der Waals surface area contributed by atoms with Gasteiger partial charge in [0.1, 0.15) is 5.75 Å². The van der Waals surface area contributed by atoms with Crippen LogP contribution in [0.1, 0.15) is 63.5 Å². The molecule has 1 atom stereocenters. The summed E-state index contributed by atoms with van der Waals surface area (Å²) in [5.74, 6) is 1.19. The molecule has 0 saturated heterocycles. The predicted octanol–water partition coefficient (Wildman–Crippen LogP) is 3.27. The van der Waals surface area contributed by atoms with E-state index in [-0.39, 0.29) is 11.9 Å². The van der Waals surface area contributed by atoms with E-state index in [9.17, 15) is 4.79 Å². The van der Waals surface area contributed by atoms with Gasteiger partial charge in [-0.3, -0.25) is 4.79 Å². The fraction of sp³-hybridized carbons (Fsp3) is 0.632. The second kappa shape index (κ2) is 7.82. The first kappa shape index (κ1) is 17.8. The first-order chi connectivity index (χ1) is 10.9. The smallest absolute Gasteiger partial charge is 0.260 e. The zero-order valence-corrected chi connectivity index (χ0v) is 14.8. The maximum Gasteiger partial charge on any atom is 0.260 e. The van der Waals surface area contributed by atoms with Crippen molar-refractivity contribution < 1.29 is 9.53 Å². The summed E-state index contributed by atoms with van der Waals surface area (Å²) in [4.78, 5) is 12.4. The second-order valence-corrected chi connectivity index (χ2v) is 7.06. The molecule has 1 aromatic rings. The molecule has 0 aromatic heterocycles. The summed E-state index contributed by atoms with van der Waals surface area (Å²) < 4.78 is 5.92. The first-order valence-electron chi connectivity index (χ1n) is 8.70. The Morgan fingerprint density at radius 1 is 1.22 bits per heavy atom. The number of rotatable bonds is 5. The number of ether oxygens (including phenoxy) is 1. The molecular formula is C19H30N2O2. The number of carbonyl (C=O) groups is 1. The Labute approximate surface area is 139 Å². The maximum absolute atomic E-state index is 12.4. The average Bonchev–Trinajstić information content (AvgIpc) is 2.51. The molecule has 2 rings (SSSR count). The molecule has 1 aliphatic rings. The summed E-state index contributed by atoms with van der Waals surface area (Å²) in [6, 6.07) is 6.74. The van der Waals surface area contributed by atoms with Gasteiger partial charge in [-0.25, -0.2) is 0 Å². The third-order valence-corrected chi connectivity index (χ3v) is 4.67. The molecule has 3 N–H and O–H groups in total. The van der Waals surface area contributed by atoms with Gasteiger partial charge in [-0.2, -0.15) is 0 Å². The van der Waals surface area contributed by atoms with E-state index in [1.807, 2.05) is 19.9 Å². The normalized spacial score (nSPS) is 22.7. The molecule has 1 amide bonds. The molecule has 0 radical (unpaired) electrons. The van der Waals surface area contributed by atoms with Crippen molar-refractivity contribution in [1.82, 2.24) is 5.32 Å². The van der Waals surface area contributed by atoms with E-state index in [1.165, 1.54) is 5.56 Å². The van der Waals surface area contributed by atoms with Gasteiger partial charge < -0.3 is 15.8 Å². The molecule has 1 fully saturated rings. The van der Waals surface area contributed by atoms with Gasteiger partial charge in [0.15, 0.2) is 6.10 Å². The van der Waals surface area contributed by atoms with E-state index in [4.69, 9.17) is 10.5 Å². The SMILES string of the molecule is Cc1ccc(C(C)C)cc1OC(C)C(=O)NC1CCC(N)CC1. The van der Waals surface area contributed by atoms with Crippen molar-refractivity contribution >= 4 is 5.91 Å². The minimum Gasteiger partial charge on any atom is -0.481 e. The second-order valence-electron chi connectivity index (χ2n) is 7.06. The fourth-order valence-corrected chi connectivity index (χ4v) is 2.93. The molecule has 23 heavy (non-hydrogen) atoms. The number of carbonyl (C=O) groups excluding carboxylic acids is 1. The van der Waals surface area contributed by atoms with Gasteiger partial charge in [-0.15, -0.1) is 0 Å². The van der Waals surface area contributed by atoms with Crippen LogP contribution >= 0.6 is 0 Å². The van der Waals surface area contributed by atoms with Crippen molar-refractivity contribution in [2.75, 3.05) is 0 Å². The molecular weight excluding hydrogens is 288 g/mol. The van der Waals surface area contributed by atoms with Crippen LogP contribution in [0.25, 0.3) is 0 Å². The number of hydrogen-bond donors (Lipinski definition) is 2. The zero-order chi connectivity index (χ0) is 17.0. The van der Waals surface area contributed by atoms with E-state index in [0.29, 0.717) is 12.0 Å². The number of hydrogen-bond acceptors (Lipinski definition) is 3. The van der Waals surface area contributed by atoms with Gasteiger partial charge in [0, 0.05) is 12.1 Å². The van der Waals surface area contributed by atoms with Gasteiger partial charge in [-0.1, -0.05) is 26.0 Å². The largest absolute Gasteiger partial charge is 0.481 e. The summed E-state index contributed by atoms with van der Waals surface area (Å²) >= 11 is 0. The number of nitrogens with two attached hydrogens (primary N) is 1. The van der Waals surface area contributed by atoms with Gasteiger partial charge in [-0.05, 0) is 62.6 Å². The summed E-state index contributed by atoms with van der Waals surface area (Å²) in [6.45, 7) is 8.12. The molecule has 0 spiro atoms. The molecule has 1 saturated carbocycles. The highest BCUT2D eigenvalue weighted by Crippen LogP contribution is 2.25. The van der Waals surface area contributed by atoms with E-state index < -0.39 is 6.10 Å². The summed E-state index contributed by atoms with van der Waals surface area (Å²) in [5, 5.41) is 3.10. The fourth-order valence-electron chi connectivity index (χ4n) is 2.93. The summed E-state index contributed by atoms with van der Waals surface area (Å²) in [5.41, 5.74) is 8.18. The van der Waals surface area contributed by atoms with Crippen LogP contribution in [0.15, 0.2) is 18.2 Å². The molecule has 0 bridgehead atoms. The van der Waals surface area contributed by atoms with Crippen molar-refractivity contribution in [3.8, 4) is 5.75 Å². The van der Waals surface area contributed by atoms with Crippen LogP contribution in [-0.2, 0) is 4.79 Å². The molecule has 1 aliphatic carbocycles. The lowest BCUT2D eigenvalue weighted by Gasteiger charge is -2.28. The van der Waals surface area contributed by atoms with Crippen LogP contribution in [0.3, 0.4) is 0 Å². The van der Waals surface area contributed by atoms with E-state index in [2.05, 4.69) is 31.3 Å². The van der Waals surface area contributed by atoms with Crippen LogP contribution in [0.2, 0.25) is 0 Å². The Kier molecular flexibility index (Phi) is 6.05. The molecule has 4 nitrogen and oxygen atoms in total. The van der Waals surface area contributed by atoms with Gasteiger partial charge in [0.05, 0.1) is 0 Å². The molecule has 1 unspecified atom stereocenters. The van der Waals surface area contributed by atoms with Gasteiger partial charge in [0.2, 0.25) is 0 Å². The average molecular weight is 318 g/mol. The Morgan fingerprint density at radius 3 is 2.48 bits per heavy atom. The molecule has 1 aromatic carbocycles. The predicted molar refractivity (Wildman–Crippen MR) is 93.7 cm³/mol. The molecule has 4 heteroatoms. The Morgan fingerprint density at radius 2 is 1.87 bits per heavy atom. The van der Waals surface area contributed by atoms with Crippen molar-refractivity contribution in [3.63, 3.8) is 0 Å². The monoisotopic (exact) mass is 318 g/mol. The van der Waals surface area contributed by atoms with E-state index in [0.717, 1.165) is 37.0 Å². The molecule has 0 aliphatic heterocycles. The third-order valence-electron chi connectivity index (χ3n) is 4.67. The van der Waals surface area contributed by atoms with E-state index >= 15 is 0 Å². The van der Waals surface area contributed by atoms with Crippen molar-refractivity contribution in [3.05, 3.63) is 29.3 Å². The third kappa shape index (κ3) is 4.96. The van der Waals surface area contributed by atoms with E-state index in [1.54, 1.807) is 0 Å². The van der Waals surface area contributed by atoms with Crippen LogP contribution in [-0.4, -0.2) is 24.1 Å². The van der Waals surface area contributed by atoms with Crippen LogP contribution in [0.5, 0.6) is 5.75 Å². The minimum atomic E-state index is -0.494. The van der Waals surface area contributed by atoms with Crippen LogP contribution in [0, 0.1) is 6.92 Å². The molecule has 0 heterocycles. The lowest BCUT2D eigenvalue weighted by molar-refractivity contribution is -0.128. The Hall–Kier alpha value is -1.55. The van der Waals surface area contributed by atoms with Gasteiger partial charge in [0.25, 0.3) is 5.91 Å². The first-order valence-corrected chi connectivity index (χ1v) is 8.70. The number of benzene rings is 1. The zero-order valence-electron chi connectivity index (χ0n) is 14.8. The standard InChI is InChI=1S/C19H30N2O2/c1-12(2)15-6-5-13(3)18(11-15)23-14(4)19(22)21-17-9-7-16(20)8-10-17/h5-6,11-12,14,16-17H,7-10,20H2,1-4H3,(H,21,22). The number of aryl methyl sites for hydroxylation is 1. The van der Waals surface area contributed by atoms with Crippen molar-refractivity contribution in [2.45, 2.75) is 77.5 Å². The maximum atomic E-state index is 12.4. The summed E-state index contributed by atoms with van der Waals surface area (Å²) in [7, 11) is 0. The van der Waals surface area contributed by atoms with Gasteiger partial charge >= 0.3 is 0 Å². The van der Waals surface area contributed by atoms with Crippen molar-refractivity contribution in [2.24, 2.45) is 5.73 Å². The topological polar surface area (TPSA) is 64.3 Å². The lowest BCUT2D eigenvalue weighted by atomic mass is 9.92. The lowest BCUT2D eigenvalue weighted by Crippen LogP contribution is -2.45.